The fraction of sp³-hybridized carbons (Fsp3) is 0.562. The zero-order chi connectivity index (χ0) is 17.1. The molecule has 130 valence electrons. The fourth-order valence-corrected chi connectivity index (χ4v) is 3.20. The molecule has 0 radical (unpaired) electrons. The third-order valence-electron chi connectivity index (χ3n) is 4.38. The summed E-state index contributed by atoms with van der Waals surface area (Å²) in [6.45, 7) is 4.07. The lowest BCUT2D eigenvalue weighted by Crippen LogP contribution is -2.38. The second kappa shape index (κ2) is 7.04. The van der Waals surface area contributed by atoms with Crippen LogP contribution in [-0.2, 0) is 0 Å². The molecule has 3 rings (SSSR count). The predicted molar refractivity (Wildman–Crippen MR) is 89.7 cm³/mol. The van der Waals surface area contributed by atoms with E-state index in [0.717, 1.165) is 37.2 Å². The van der Waals surface area contributed by atoms with E-state index in [0.29, 0.717) is 12.4 Å². The molecule has 1 aromatic rings. The van der Waals surface area contributed by atoms with Gasteiger partial charge >= 0.3 is 5.69 Å². The molecular weight excluding hydrogens is 312 g/mol. The minimum atomic E-state index is -0.424. The smallest absolute Gasteiger partial charge is 0.315 e. The van der Waals surface area contributed by atoms with Gasteiger partial charge in [0.1, 0.15) is 0 Å². The van der Waals surface area contributed by atoms with Crippen LogP contribution in [0, 0.1) is 16.0 Å². The Hall–Kier alpha value is -2.35. The fourth-order valence-electron chi connectivity index (χ4n) is 3.20. The average Bonchev–Trinajstić information content (AvgIpc) is 3.03. The van der Waals surface area contributed by atoms with Crippen molar-refractivity contribution in [3.05, 3.63) is 27.8 Å². The number of nitrogens with zero attached hydrogens (tertiary/aromatic N) is 2. The standard InChI is InChI=1S/C16H22N4O4/c1-3-6-24-16-13(20(21)22)7-10(8-14(16)23-2)15-11-9-17-5-4-12(11)18-19-15/h7-8,11,15,17,19H,3-6,9H2,1-2H3. The van der Waals surface area contributed by atoms with Gasteiger partial charge in [0, 0.05) is 37.2 Å². The second-order valence-electron chi connectivity index (χ2n) is 5.95. The van der Waals surface area contributed by atoms with Crippen molar-refractivity contribution in [1.29, 1.82) is 0 Å². The number of hydrogen-bond donors (Lipinski definition) is 2. The van der Waals surface area contributed by atoms with Gasteiger partial charge in [0.2, 0.25) is 5.75 Å². The molecule has 0 saturated carbocycles. The monoisotopic (exact) mass is 334 g/mol. The molecule has 2 aliphatic rings. The molecule has 8 heteroatoms. The topological polar surface area (TPSA) is 98.0 Å². The summed E-state index contributed by atoms with van der Waals surface area (Å²) in [5.41, 5.74) is 4.96. The Balaban J connectivity index is 1.97. The van der Waals surface area contributed by atoms with Crippen molar-refractivity contribution in [3.63, 3.8) is 0 Å². The Labute approximate surface area is 140 Å². The molecule has 0 bridgehead atoms. The van der Waals surface area contributed by atoms with E-state index in [1.807, 2.05) is 13.0 Å². The van der Waals surface area contributed by atoms with Crippen molar-refractivity contribution in [3.8, 4) is 11.5 Å². The minimum Gasteiger partial charge on any atom is -0.493 e. The molecule has 0 spiro atoms. The van der Waals surface area contributed by atoms with Crippen molar-refractivity contribution in [2.45, 2.75) is 25.8 Å². The van der Waals surface area contributed by atoms with Crippen LogP contribution in [0.3, 0.4) is 0 Å². The van der Waals surface area contributed by atoms with E-state index < -0.39 is 4.92 Å². The van der Waals surface area contributed by atoms with Crippen LogP contribution in [0.5, 0.6) is 11.5 Å². The van der Waals surface area contributed by atoms with Gasteiger partial charge in [-0.1, -0.05) is 6.92 Å². The molecule has 8 nitrogen and oxygen atoms in total. The molecule has 2 atom stereocenters. The van der Waals surface area contributed by atoms with Crippen LogP contribution < -0.4 is 20.2 Å². The van der Waals surface area contributed by atoms with Crippen LogP contribution in [0.25, 0.3) is 0 Å². The molecule has 2 aliphatic heterocycles. The van der Waals surface area contributed by atoms with Crippen LogP contribution >= 0.6 is 0 Å². The number of piperidine rings is 1. The van der Waals surface area contributed by atoms with Crippen LogP contribution in [0.1, 0.15) is 31.4 Å². The number of rotatable bonds is 6. The summed E-state index contributed by atoms with van der Waals surface area (Å²) < 4.78 is 10.9. The van der Waals surface area contributed by atoms with E-state index in [1.54, 1.807) is 6.07 Å². The van der Waals surface area contributed by atoms with Crippen LogP contribution in [0.2, 0.25) is 0 Å². The van der Waals surface area contributed by atoms with E-state index in [-0.39, 0.29) is 23.4 Å². The first-order valence-electron chi connectivity index (χ1n) is 8.17. The lowest BCUT2D eigenvalue weighted by molar-refractivity contribution is -0.386. The summed E-state index contributed by atoms with van der Waals surface area (Å²) in [7, 11) is 1.49. The van der Waals surface area contributed by atoms with Gasteiger partial charge in [-0.05, 0) is 18.1 Å². The molecule has 2 unspecified atom stereocenters. The number of fused-ring (bicyclic) bond motifs is 1. The molecule has 1 fully saturated rings. The third kappa shape index (κ3) is 3.01. The number of hydrazone groups is 1. The van der Waals surface area contributed by atoms with Gasteiger partial charge in [0.15, 0.2) is 5.75 Å². The quantitative estimate of drug-likeness (QED) is 0.610. The molecule has 0 aliphatic carbocycles. The average molecular weight is 334 g/mol. The summed E-state index contributed by atoms with van der Waals surface area (Å²) in [4.78, 5) is 11.1. The highest BCUT2D eigenvalue weighted by molar-refractivity contribution is 5.90. The summed E-state index contributed by atoms with van der Waals surface area (Å²) in [6, 6.07) is 3.28. The van der Waals surface area contributed by atoms with E-state index >= 15 is 0 Å². The van der Waals surface area contributed by atoms with Crippen molar-refractivity contribution < 1.29 is 14.4 Å². The molecule has 1 aromatic carbocycles. The highest BCUT2D eigenvalue weighted by atomic mass is 16.6. The number of benzene rings is 1. The Morgan fingerprint density at radius 2 is 2.29 bits per heavy atom. The van der Waals surface area contributed by atoms with Gasteiger partial charge in [0.05, 0.1) is 24.7 Å². The lowest BCUT2D eigenvalue weighted by Gasteiger charge is -2.25. The van der Waals surface area contributed by atoms with Crippen LogP contribution in [0.4, 0.5) is 5.69 Å². The molecule has 2 N–H and O–H groups in total. The lowest BCUT2D eigenvalue weighted by atomic mass is 9.87. The van der Waals surface area contributed by atoms with Gasteiger partial charge < -0.3 is 20.2 Å². The molecular formula is C16H22N4O4. The van der Waals surface area contributed by atoms with Crippen molar-refractivity contribution >= 4 is 11.4 Å². The minimum absolute atomic E-state index is 0.0724. The number of nitro benzene ring substituents is 1. The first-order chi connectivity index (χ1) is 11.7. The summed E-state index contributed by atoms with van der Waals surface area (Å²) in [5.74, 6) is 0.770. The largest absolute Gasteiger partial charge is 0.493 e. The third-order valence-corrected chi connectivity index (χ3v) is 4.38. The summed E-state index contributed by atoms with van der Waals surface area (Å²) in [6.07, 6.45) is 1.66. The maximum atomic E-state index is 11.5. The van der Waals surface area contributed by atoms with Gasteiger partial charge in [-0.15, -0.1) is 0 Å². The zero-order valence-electron chi connectivity index (χ0n) is 13.9. The Morgan fingerprint density at radius 1 is 1.46 bits per heavy atom. The number of nitro groups is 1. The highest BCUT2D eigenvalue weighted by Crippen LogP contribution is 2.42. The maximum absolute atomic E-state index is 11.5. The molecule has 0 aromatic heterocycles. The molecule has 2 heterocycles. The van der Waals surface area contributed by atoms with Gasteiger partial charge in [-0.3, -0.25) is 10.1 Å². The Bertz CT molecular complexity index is 662. The first-order valence-corrected chi connectivity index (χ1v) is 8.17. The van der Waals surface area contributed by atoms with Crippen LogP contribution in [0.15, 0.2) is 17.2 Å². The van der Waals surface area contributed by atoms with Crippen LogP contribution in [-0.4, -0.2) is 37.4 Å². The number of ether oxygens (including phenoxy) is 2. The second-order valence-corrected chi connectivity index (χ2v) is 5.95. The number of nitrogens with one attached hydrogen (secondary N) is 2. The van der Waals surface area contributed by atoms with Crippen molar-refractivity contribution in [2.24, 2.45) is 11.0 Å². The molecule has 24 heavy (non-hydrogen) atoms. The van der Waals surface area contributed by atoms with Gasteiger partial charge in [0.25, 0.3) is 0 Å². The molecule has 1 saturated heterocycles. The summed E-state index contributed by atoms with van der Waals surface area (Å²) >= 11 is 0. The highest BCUT2D eigenvalue weighted by Gasteiger charge is 2.36. The zero-order valence-corrected chi connectivity index (χ0v) is 13.9. The van der Waals surface area contributed by atoms with Crippen molar-refractivity contribution in [2.75, 3.05) is 26.8 Å². The van der Waals surface area contributed by atoms with Gasteiger partial charge in [-0.25, -0.2) is 0 Å². The normalized spacial score (nSPS) is 22.3. The van der Waals surface area contributed by atoms with E-state index in [4.69, 9.17) is 9.47 Å². The maximum Gasteiger partial charge on any atom is 0.315 e. The predicted octanol–water partition coefficient (Wildman–Crippen LogP) is 2.00. The van der Waals surface area contributed by atoms with Crippen molar-refractivity contribution in [1.82, 2.24) is 10.7 Å². The molecule has 0 amide bonds. The Kier molecular flexibility index (Phi) is 4.84. The summed E-state index contributed by atoms with van der Waals surface area (Å²) in [5, 5.41) is 19.3. The number of hydrogen-bond acceptors (Lipinski definition) is 7. The first kappa shape index (κ1) is 16.5. The Morgan fingerprint density at radius 3 is 3.00 bits per heavy atom. The van der Waals surface area contributed by atoms with E-state index in [2.05, 4.69) is 15.8 Å². The van der Waals surface area contributed by atoms with Gasteiger partial charge in [-0.2, -0.15) is 5.10 Å². The van der Waals surface area contributed by atoms with E-state index in [1.165, 1.54) is 7.11 Å². The van der Waals surface area contributed by atoms with E-state index in [9.17, 15) is 10.1 Å². The number of methoxy groups -OCH3 is 1. The SMILES string of the molecule is CCCOc1c(OC)cc(C2NN=C3CCNCC32)cc1[N+](=O)[O-].